The summed E-state index contributed by atoms with van der Waals surface area (Å²) in [4.78, 5) is 10.7. The Morgan fingerprint density at radius 3 is 2.36 bits per heavy atom. The topological polar surface area (TPSA) is 26.3 Å². The number of esters is 1. The minimum Gasteiger partial charge on any atom is -0.466 e. The van der Waals surface area contributed by atoms with E-state index in [-0.39, 0.29) is 57.4 Å². The number of hydrogen-bond donors (Lipinski definition) is 0. The van der Waals surface area contributed by atoms with Crippen LogP contribution in [-0.2, 0) is 9.53 Å². The van der Waals surface area contributed by atoms with Crippen LogP contribution in [0.4, 0.5) is 0 Å². The third kappa shape index (κ3) is 11.1. The second-order valence-electron chi connectivity index (χ2n) is 2.26. The van der Waals surface area contributed by atoms with Gasteiger partial charge in [-0.2, -0.15) is 0 Å². The van der Waals surface area contributed by atoms with Crippen LogP contribution in [-0.4, -0.2) is 64.0 Å². The van der Waals surface area contributed by atoms with Crippen molar-refractivity contribution in [3.05, 3.63) is 0 Å². The van der Waals surface area contributed by atoms with Gasteiger partial charge in [-0.1, -0.05) is 19.8 Å². The van der Waals surface area contributed by atoms with Crippen molar-refractivity contribution in [2.75, 3.05) is 6.61 Å². The van der Waals surface area contributed by atoms with Crippen LogP contribution < -0.4 is 0 Å². The van der Waals surface area contributed by atoms with Crippen LogP contribution in [0, 0.1) is 0 Å². The number of unbranched alkanes of at least 4 members (excludes halogenated alkanes) is 2. The van der Waals surface area contributed by atoms with Crippen molar-refractivity contribution in [2.24, 2.45) is 0 Å². The molecule has 0 atom stereocenters. The Bertz CT molecular complexity index is 94.1. The second-order valence-corrected chi connectivity index (χ2v) is 2.26. The standard InChI is InChI=1S/C8H16O2.K/c1-3-5-6-7-8(9)10-4-2;/h3-7H2,1-2H3;. The quantitative estimate of drug-likeness (QED) is 0.369. The SMILES string of the molecule is CCCCCC(=O)OCC.[K]. The van der Waals surface area contributed by atoms with Crippen LogP contribution in [0.15, 0.2) is 0 Å². The Morgan fingerprint density at radius 1 is 1.27 bits per heavy atom. The summed E-state index contributed by atoms with van der Waals surface area (Å²) in [6.07, 6.45) is 3.83. The van der Waals surface area contributed by atoms with Crippen molar-refractivity contribution in [1.82, 2.24) is 0 Å². The molecule has 11 heavy (non-hydrogen) atoms. The Hall–Kier alpha value is 1.11. The summed E-state index contributed by atoms with van der Waals surface area (Å²) in [6.45, 7) is 4.45. The van der Waals surface area contributed by atoms with E-state index in [9.17, 15) is 4.79 Å². The van der Waals surface area contributed by atoms with Gasteiger partial charge in [0.1, 0.15) is 0 Å². The van der Waals surface area contributed by atoms with Gasteiger partial charge in [-0.05, 0) is 13.3 Å². The van der Waals surface area contributed by atoms with Gasteiger partial charge in [-0.3, -0.25) is 4.79 Å². The molecule has 0 heterocycles. The van der Waals surface area contributed by atoms with Crippen LogP contribution in [0.1, 0.15) is 39.5 Å². The molecule has 0 rings (SSSR count). The van der Waals surface area contributed by atoms with Crippen LogP contribution in [0.25, 0.3) is 0 Å². The summed E-state index contributed by atoms with van der Waals surface area (Å²) in [6, 6.07) is 0. The molecule has 0 aromatic heterocycles. The first-order chi connectivity index (χ1) is 4.81. The Morgan fingerprint density at radius 2 is 1.91 bits per heavy atom. The monoisotopic (exact) mass is 183 g/mol. The molecule has 0 saturated carbocycles. The maximum Gasteiger partial charge on any atom is 0.305 e. The molecule has 0 aliphatic carbocycles. The molecule has 0 N–H and O–H groups in total. The van der Waals surface area contributed by atoms with E-state index in [0.717, 1.165) is 19.3 Å². The van der Waals surface area contributed by atoms with E-state index in [0.29, 0.717) is 13.0 Å². The molecule has 0 unspecified atom stereocenters. The number of hydrogen-bond acceptors (Lipinski definition) is 2. The molecular formula is C8H16KO2. The minimum absolute atomic E-state index is 0. The summed E-state index contributed by atoms with van der Waals surface area (Å²) in [7, 11) is 0. The van der Waals surface area contributed by atoms with Gasteiger partial charge in [0.05, 0.1) is 6.61 Å². The van der Waals surface area contributed by atoms with E-state index in [2.05, 4.69) is 6.92 Å². The molecule has 0 bridgehead atoms. The van der Waals surface area contributed by atoms with E-state index in [1.165, 1.54) is 0 Å². The van der Waals surface area contributed by atoms with Gasteiger partial charge in [-0.25, -0.2) is 0 Å². The van der Waals surface area contributed by atoms with Gasteiger partial charge in [0, 0.05) is 57.8 Å². The van der Waals surface area contributed by atoms with Gasteiger partial charge in [-0.15, -0.1) is 0 Å². The van der Waals surface area contributed by atoms with Crippen molar-refractivity contribution in [1.29, 1.82) is 0 Å². The third-order valence-corrected chi connectivity index (χ3v) is 1.29. The van der Waals surface area contributed by atoms with Gasteiger partial charge in [0.15, 0.2) is 0 Å². The number of rotatable bonds is 5. The van der Waals surface area contributed by atoms with Crippen LogP contribution >= 0.6 is 0 Å². The smallest absolute Gasteiger partial charge is 0.305 e. The molecule has 0 amide bonds. The normalized spacial score (nSPS) is 8.55. The molecule has 0 aromatic carbocycles. The fourth-order valence-electron chi connectivity index (χ4n) is 0.752. The number of carbonyl (C=O) groups is 1. The average molecular weight is 183 g/mol. The van der Waals surface area contributed by atoms with Crippen molar-refractivity contribution in [3.63, 3.8) is 0 Å². The Labute approximate surface area is 111 Å². The maximum absolute atomic E-state index is 10.7. The molecule has 0 aromatic rings. The molecule has 0 spiro atoms. The fourth-order valence-corrected chi connectivity index (χ4v) is 0.752. The zero-order valence-electron chi connectivity index (χ0n) is 7.85. The Balaban J connectivity index is 0. The number of carbonyl (C=O) groups excluding carboxylic acids is 1. The van der Waals surface area contributed by atoms with Crippen LogP contribution in [0.2, 0.25) is 0 Å². The van der Waals surface area contributed by atoms with Crippen molar-refractivity contribution >= 4 is 57.4 Å². The second kappa shape index (κ2) is 11.1. The molecular weight excluding hydrogens is 167 g/mol. The molecule has 61 valence electrons. The van der Waals surface area contributed by atoms with Crippen LogP contribution in [0.3, 0.4) is 0 Å². The summed E-state index contributed by atoms with van der Waals surface area (Å²) >= 11 is 0. The minimum atomic E-state index is -0.0593. The first-order valence-corrected chi connectivity index (χ1v) is 3.96. The number of ether oxygens (including phenoxy) is 1. The largest absolute Gasteiger partial charge is 0.466 e. The van der Waals surface area contributed by atoms with Gasteiger partial charge in [0.25, 0.3) is 0 Å². The van der Waals surface area contributed by atoms with E-state index >= 15 is 0 Å². The molecule has 0 saturated heterocycles. The predicted octanol–water partition coefficient (Wildman–Crippen LogP) is 1.75. The molecule has 0 fully saturated rings. The van der Waals surface area contributed by atoms with Crippen molar-refractivity contribution < 1.29 is 9.53 Å². The summed E-state index contributed by atoms with van der Waals surface area (Å²) in [5.41, 5.74) is 0. The van der Waals surface area contributed by atoms with Crippen molar-refractivity contribution in [2.45, 2.75) is 39.5 Å². The first-order valence-electron chi connectivity index (χ1n) is 3.96. The zero-order valence-corrected chi connectivity index (χ0v) is 11.0. The molecule has 0 aliphatic rings. The van der Waals surface area contributed by atoms with Gasteiger partial charge < -0.3 is 4.74 Å². The van der Waals surface area contributed by atoms with E-state index in [4.69, 9.17) is 4.74 Å². The van der Waals surface area contributed by atoms with E-state index in [1.807, 2.05) is 6.92 Å². The zero-order chi connectivity index (χ0) is 7.82. The molecule has 2 nitrogen and oxygen atoms in total. The summed E-state index contributed by atoms with van der Waals surface area (Å²) < 4.78 is 4.75. The molecule has 3 heteroatoms. The van der Waals surface area contributed by atoms with Gasteiger partial charge >= 0.3 is 5.97 Å². The maximum atomic E-state index is 10.7. The Kier molecular flexibility index (Phi) is 14.8. The average Bonchev–Trinajstić information content (AvgIpc) is 1.89. The molecule has 1 radical (unpaired) electrons. The van der Waals surface area contributed by atoms with Gasteiger partial charge in [0.2, 0.25) is 0 Å². The van der Waals surface area contributed by atoms with Crippen molar-refractivity contribution in [3.8, 4) is 0 Å². The predicted molar refractivity (Wildman–Crippen MR) is 46.5 cm³/mol. The summed E-state index contributed by atoms with van der Waals surface area (Å²) in [5, 5.41) is 0. The molecule has 0 aliphatic heterocycles. The summed E-state index contributed by atoms with van der Waals surface area (Å²) in [5.74, 6) is -0.0593. The fraction of sp³-hybridized carbons (Fsp3) is 0.875. The first kappa shape index (κ1) is 14.6. The van der Waals surface area contributed by atoms with E-state index in [1.54, 1.807) is 0 Å². The van der Waals surface area contributed by atoms with Crippen LogP contribution in [0.5, 0.6) is 0 Å². The van der Waals surface area contributed by atoms with E-state index < -0.39 is 0 Å². The third-order valence-electron chi connectivity index (χ3n) is 1.29.